The highest BCUT2D eigenvalue weighted by Gasteiger charge is 2.24. The first-order valence-electron chi connectivity index (χ1n) is 8.10. The summed E-state index contributed by atoms with van der Waals surface area (Å²) in [4.78, 5) is 40.8. The van der Waals surface area contributed by atoms with Crippen LogP contribution in [0.4, 0.5) is 4.79 Å². The van der Waals surface area contributed by atoms with Crippen molar-refractivity contribution < 1.29 is 23.9 Å². The Hall–Kier alpha value is -2.06. The number of pyridine rings is 1. The fraction of sp³-hybridized carbons (Fsp3) is 0.500. The lowest BCUT2D eigenvalue weighted by Crippen LogP contribution is -2.47. The monoisotopic (exact) mass is 403 g/mol. The van der Waals surface area contributed by atoms with Crippen LogP contribution in [0.5, 0.6) is 0 Å². The van der Waals surface area contributed by atoms with Gasteiger partial charge in [-0.15, -0.1) is 0 Å². The third kappa shape index (κ3) is 5.74. The Morgan fingerprint density at radius 2 is 1.96 bits per heavy atom. The predicted octanol–water partition coefficient (Wildman–Crippen LogP) is 2.28. The lowest BCUT2D eigenvalue weighted by Gasteiger charge is -2.31. The number of hydrogen-bond acceptors (Lipinski definition) is 6. The maximum Gasteiger partial charge on any atom is 0.409 e. The SMILES string of the molecule is CCOC(=O)N1CCC(NC(=O)COC(=O)c2cnc(Cl)c(Cl)c2)CC1. The van der Waals surface area contributed by atoms with E-state index in [1.54, 1.807) is 11.8 Å². The van der Waals surface area contributed by atoms with E-state index in [0.717, 1.165) is 0 Å². The number of esters is 1. The Labute approximate surface area is 160 Å². The standard InChI is InChI=1S/C16H19Cl2N3O5/c1-2-25-16(24)21-5-3-11(4-6-21)20-13(22)9-26-15(23)10-7-12(17)14(18)19-8-10/h7-8,11H,2-6,9H2,1H3,(H,20,22). The smallest absolute Gasteiger partial charge is 0.409 e. The van der Waals surface area contributed by atoms with Crippen molar-refractivity contribution in [2.24, 2.45) is 0 Å². The third-order valence-electron chi connectivity index (χ3n) is 3.75. The van der Waals surface area contributed by atoms with Crippen molar-refractivity contribution in [2.75, 3.05) is 26.3 Å². The van der Waals surface area contributed by atoms with Crippen LogP contribution < -0.4 is 5.32 Å². The van der Waals surface area contributed by atoms with Gasteiger partial charge in [-0.05, 0) is 25.8 Å². The molecule has 0 spiro atoms. The molecule has 1 aromatic heterocycles. The zero-order chi connectivity index (χ0) is 19.1. The van der Waals surface area contributed by atoms with Crippen LogP contribution >= 0.6 is 23.2 Å². The lowest BCUT2D eigenvalue weighted by atomic mass is 10.1. The summed E-state index contributed by atoms with van der Waals surface area (Å²) in [5, 5.41) is 2.98. The van der Waals surface area contributed by atoms with E-state index >= 15 is 0 Å². The van der Waals surface area contributed by atoms with Crippen LogP contribution in [0.3, 0.4) is 0 Å². The molecule has 2 amide bonds. The van der Waals surface area contributed by atoms with Gasteiger partial charge in [0, 0.05) is 25.3 Å². The first-order chi connectivity index (χ1) is 12.4. The molecule has 2 rings (SSSR count). The molecule has 2 heterocycles. The molecule has 1 saturated heterocycles. The molecule has 0 unspecified atom stereocenters. The Bertz CT molecular complexity index is 678. The molecule has 0 atom stereocenters. The van der Waals surface area contributed by atoms with Gasteiger partial charge in [0.15, 0.2) is 6.61 Å². The molecule has 0 bridgehead atoms. The lowest BCUT2D eigenvalue weighted by molar-refractivity contribution is -0.125. The van der Waals surface area contributed by atoms with Crippen molar-refractivity contribution in [3.05, 3.63) is 28.0 Å². The number of nitrogens with zero attached hydrogens (tertiary/aromatic N) is 2. The summed E-state index contributed by atoms with van der Waals surface area (Å²) in [5.41, 5.74) is 0.106. The van der Waals surface area contributed by atoms with E-state index in [2.05, 4.69) is 10.3 Å². The molecular formula is C16H19Cl2N3O5. The Kier molecular flexibility index (Phi) is 7.47. The minimum absolute atomic E-state index is 0.0788. The van der Waals surface area contributed by atoms with Gasteiger partial charge in [-0.25, -0.2) is 14.6 Å². The number of halogens is 2. The number of hydrogen-bond donors (Lipinski definition) is 1. The van der Waals surface area contributed by atoms with Crippen LogP contribution in [-0.2, 0) is 14.3 Å². The van der Waals surface area contributed by atoms with E-state index in [-0.39, 0.29) is 27.9 Å². The van der Waals surface area contributed by atoms with Gasteiger partial charge >= 0.3 is 12.1 Å². The second kappa shape index (κ2) is 9.59. The Balaban J connectivity index is 1.73. The minimum atomic E-state index is -0.719. The van der Waals surface area contributed by atoms with Gasteiger partial charge in [0.05, 0.1) is 17.2 Å². The van der Waals surface area contributed by atoms with Gasteiger partial charge < -0.3 is 19.7 Å². The van der Waals surface area contributed by atoms with E-state index in [1.165, 1.54) is 12.3 Å². The Morgan fingerprint density at radius 3 is 2.58 bits per heavy atom. The van der Waals surface area contributed by atoms with Gasteiger partial charge in [0.1, 0.15) is 5.15 Å². The molecule has 10 heteroatoms. The zero-order valence-electron chi connectivity index (χ0n) is 14.2. The average molecular weight is 404 g/mol. The van der Waals surface area contributed by atoms with Crippen LogP contribution in [0.2, 0.25) is 10.2 Å². The number of aromatic nitrogens is 1. The van der Waals surface area contributed by atoms with Gasteiger partial charge in [-0.1, -0.05) is 23.2 Å². The fourth-order valence-corrected chi connectivity index (χ4v) is 2.71. The predicted molar refractivity (Wildman–Crippen MR) is 94.3 cm³/mol. The number of carbonyl (C=O) groups excluding carboxylic acids is 3. The molecule has 8 nitrogen and oxygen atoms in total. The summed E-state index contributed by atoms with van der Waals surface area (Å²) in [6.07, 6.45) is 2.09. The summed E-state index contributed by atoms with van der Waals surface area (Å²) in [7, 11) is 0. The van der Waals surface area contributed by atoms with Crippen molar-refractivity contribution in [3.63, 3.8) is 0 Å². The highest BCUT2D eigenvalue weighted by atomic mass is 35.5. The molecular weight excluding hydrogens is 385 g/mol. The summed E-state index contributed by atoms with van der Waals surface area (Å²) in [6.45, 7) is 2.66. The minimum Gasteiger partial charge on any atom is -0.452 e. The summed E-state index contributed by atoms with van der Waals surface area (Å²) >= 11 is 11.5. The number of likely N-dealkylation sites (tertiary alicyclic amines) is 1. The highest BCUT2D eigenvalue weighted by molar-refractivity contribution is 6.41. The molecule has 0 radical (unpaired) electrons. The van der Waals surface area contributed by atoms with E-state index < -0.39 is 18.5 Å². The summed E-state index contributed by atoms with van der Waals surface area (Å²) < 4.78 is 9.88. The number of carbonyl (C=O) groups is 3. The van der Waals surface area contributed by atoms with Gasteiger partial charge in [-0.3, -0.25) is 4.79 Å². The van der Waals surface area contributed by atoms with Crippen LogP contribution in [0.25, 0.3) is 0 Å². The second-order valence-corrected chi connectivity index (χ2v) is 6.37. The van der Waals surface area contributed by atoms with Crippen molar-refractivity contribution in [3.8, 4) is 0 Å². The quantitative estimate of drug-likeness (QED) is 0.598. The molecule has 1 N–H and O–H groups in total. The fourth-order valence-electron chi connectivity index (χ4n) is 2.44. The Morgan fingerprint density at radius 1 is 1.27 bits per heavy atom. The van der Waals surface area contributed by atoms with Gasteiger partial charge in [0.25, 0.3) is 5.91 Å². The molecule has 0 saturated carbocycles. The van der Waals surface area contributed by atoms with Gasteiger partial charge in [0.2, 0.25) is 0 Å². The first kappa shape index (κ1) is 20.3. The second-order valence-electron chi connectivity index (χ2n) is 5.60. The van der Waals surface area contributed by atoms with Crippen LogP contribution in [0, 0.1) is 0 Å². The van der Waals surface area contributed by atoms with E-state index in [0.29, 0.717) is 32.5 Å². The molecule has 1 aliphatic heterocycles. The number of piperidine rings is 1. The number of ether oxygens (including phenoxy) is 2. The topological polar surface area (TPSA) is 97.8 Å². The van der Waals surface area contributed by atoms with Crippen LogP contribution in [-0.4, -0.2) is 60.2 Å². The molecule has 26 heavy (non-hydrogen) atoms. The summed E-state index contributed by atoms with van der Waals surface area (Å²) in [5.74, 6) is -1.13. The number of amides is 2. The van der Waals surface area contributed by atoms with Crippen molar-refractivity contribution >= 4 is 41.2 Å². The van der Waals surface area contributed by atoms with E-state index in [9.17, 15) is 14.4 Å². The normalized spacial score (nSPS) is 14.7. The van der Waals surface area contributed by atoms with Gasteiger partial charge in [-0.2, -0.15) is 0 Å². The average Bonchev–Trinajstić information content (AvgIpc) is 2.62. The largest absolute Gasteiger partial charge is 0.452 e. The van der Waals surface area contributed by atoms with Crippen molar-refractivity contribution in [1.29, 1.82) is 0 Å². The molecule has 0 aliphatic carbocycles. The van der Waals surface area contributed by atoms with Crippen LogP contribution in [0.1, 0.15) is 30.1 Å². The maximum atomic E-state index is 11.9. The molecule has 142 valence electrons. The van der Waals surface area contributed by atoms with E-state index in [1.807, 2.05) is 0 Å². The van der Waals surface area contributed by atoms with Crippen LogP contribution in [0.15, 0.2) is 12.3 Å². The van der Waals surface area contributed by atoms with Crippen molar-refractivity contribution in [2.45, 2.75) is 25.8 Å². The zero-order valence-corrected chi connectivity index (χ0v) is 15.7. The molecule has 1 fully saturated rings. The maximum absolute atomic E-state index is 11.9. The van der Waals surface area contributed by atoms with E-state index in [4.69, 9.17) is 32.7 Å². The molecule has 1 aliphatic rings. The first-order valence-corrected chi connectivity index (χ1v) is 8.85. The third-order valence-corrected chi connectivity index (χ3v) is 4.44. The van der Waals surface area contributed by atoms with Crippen molar-refractivity contribution in [1.82, 2.24) is 15.2 Å². The highest BCUT2D eigenvalue weighted by Crippen LogP contribution is 2.20. The molecule has 0 aromatic carbocycles. The molecule has 1 aromatic rings. The number of rotatable bonds is 5. The number of nitrogens with one attached hydrogen (secondary N) is 1. The summed E-state index contributed by atoms with van der Waals surface area (Å²) in [6, 6.07) is 1.24.